The van der Waals surface area contributed by atoms with Crippen LogP contribution >= 0.6 is 0 Å². The van der Waals surface area contributed by atoms with E-state index in [4.69, 9.17) is 0 Å². The van der Waals surface area contributed by atoms with Gasteiger partial charge in [0.2, 0.25) is 5.52 Å². The van der Waals surface area contributed by atoms with E-state index in [2.05, 4.69) is 77.4 Å². The van der Waals surface area contributed by atoms with Crippen molar-refractivity contribution >= 4 is 49.0 Å². The van der Waals surface area contributed by atoms with Crippen molar-refractivity contribution < 1.29 is 4.57 Å². The van der Waals surface area contributed by atoms with E-state index in [1.54, 1.807) is 0 Å². The summed E-state index contributed by atoms with van der Waals surface area (Å²) in [5.74, 6) is 0. The molecule has 0 bridgehead atoms. The molecule has 0 unspecified atom stereocenters. The van der Waals surface area contributed by atoms with E-state index in [1.165, 1.54) is 60.1 Å². The van der Waals surface area contributed by atoms with Gasteiger partial charge in [-0.15, -0.1) is 0 Å². The van der Waals surface area contributed by atoms with E-state index in [9.17, 15) is 0 Å². The summed E-state index contributed by atoms with van der Waals surface area (Å²) in [6.07, 6.45) is 6.07. The van der Waals surface area contributed by atoms with Crippen LogP contribution in [0.4, 0.5) is 0 Å². The van der Waals surface area contributed by atoms with Crippen LogP contribution in [0.25, 0.3) is 49.0 Å². The number of hydrogen-bond donors (Lipinski definition) is 0. The molecule has 0 atom stereocenters. The van der Waals surface area contributed by atoms with E-state index < -0.39 is 0 Å². The standard InChI is InChI=1S/C23H18N3/c1-13-11-16-17-12-24-9-7-18(17)26-19-6-4-5-15-8-10-25(3)23(21(15)19)20(14(13)2)22(16)26/h4-12H,1-3H3/q+1. The molecular formula is C23H18N3+. The van der Waals surface area contributed by atoms with Gasteiger partial charge in [0.15, 0.2) is 6.20 Å². The first-order valence-corrected chi connectivity index (χ1v) is 8.97. The molecule has 3 nitrogen and oxygen atoms in total. The zero-order valence-electron chi connectivity index (χ0n) is 15.0. The minimum atomic E-state index is 1.22. The Balaban J connectivity index is 2.18. The lowest BCUT2D eigenvalue weighted by molar-refractivity contribution is -0.643. The maximum absolute atomic E-state index is 4.41. The fourth-order valence-electron chi connectivity index (χ4n) is 4.68. The molecule has 26 heavy (non-hydrogen) atoms. The normalized spacial score (nSPS) is 12.4. The lowest BCUT2D eigenvalue weighted by Crippen LogP contribution is -2.29. The highest BCUT2D eigenvalue weighted by Gasteiger charge is 2.24. The Morgan fingerprint density at radius 1 is 0.962 bits per heavy atom. The van der Waals surface area contributed by atoms with Crippen molar-refractivity contribution in [2.24, 2.45) is 7.05 Å². The van der Waals surface area contributed by atoms with Gasteiger partial charge in [0.05, 0.1) is 27.3 Å². The van der Waals surface area contributed by atoms with Gasteiger partial charge in [0.25, 0.3) is 0 Å². The number of fused-ring (bicyclic) bond motifs is 5. The highest BCUT2D eigenvalue weighted by atomic mass is 15.0. The molecule has 3 heteroatoms. The van der Waals surface area contributed by atoms with E-state index in [0.29, 0.717) is 0 Å². The number of aromatic nitrogens is 3. The zero-order valence-corrected chi connectivity index (χ0v) is 15.0. The van der Waals surface area contributed by atoms with Crippen LogP contribution in [0.2, 0.25) is 0 Å². The van der Waals surface area contributed by atoms with Crippen LogP contribution in [0.5, 0.6) is 0 Å². The SMILES string of the molecule is Cc1cc2c3cnccc3n3c4cccc5cc[n+](C)c(c(c1C)c23)c54. The predicted molar refractivity (Wildman–Crippen MR) is 107 cm³/mol. The Hall–Kier alpha value is -3.20. The molecule has 4 aromatic heterocycles. The van der Waals surface area contributed by atoms with Gasteiger partial charge in [-0.05, 0) is 48.6 Å². The highest BCUT2D eigenvalue weighted by Crippen LogP contribution is 2.41. The van der Waals surface area contributed by atoms with Crippen LogP contribution in [0, 0.1) is 13.8 Å². The van der Waals surface area contributed by atoms with Gasteiger partial charge in [-0.1, -0.05) is 12.1 Å². The molecule has 0 aliphatic heterocycles. The molecule has 0 aliphatic carbocycles. The summed E-state index contributed by atoms with van der Waals surface area (Å²) in [5, 5.41) is 6.47. The Labute approximate surface area is 150 Å². The lowest BCUT2D eigenvalue weighted by atomic mass is 9.97. The van der Waals surface area contributed by atoms with Crippen LogP contribution in [-0.2, 0) is 7.05 Å². The summed E-state index contributed by atoms with van der Waals surface area (Å²) in [6.45, 7) is 4.46. The third-order valence-electron chi connectivity index (χ3n) is 5.99. The van der Waals surface area contributed by atoms with Gasteiger partial charge >= 0.3 is 0 Å². The van der Waals surface area contributed by atoms with Gasteiger partial charge < -0.3 is 4.40 Å². The molecule has 0 saturated carbocycles. The summed E-state index contributed by atoms with van der Waals surface area (Å²) in [5.41, 5.74) is 7.78. The number of nitrogens with zero attached hydrogens (tertiary/aromatic N) is 3. The van der Waals surface area contributed by atoms with Crippen molar-refractivity contribution in [3.8, 4) is 0 Å². The molecule has 6 aromatic rings. The van der Waals surface area contributed by atoms with E-state index in [-0.39, 0.29) is 0 Å². The van der Waals surface area contributed by atoms with Crippen molar-refractivity contribution in [3.63, 3.8) is 0 Å². The van der Waals surface area contributed by atoms with Gasteiger partial charge in [0, 0.05) is 29.2 Å². The Bertz CT molecular complexity index is 1510. The fourth-order valence-corrected chi connectivity index (χ4v) is 4.68. The first-order valence-electron chi connectivity index (χ1n) is 8.97. The second kappa shape index (κ2) is 4.50. The summed E-state index contributed by atoms with van der Waals surface area (Å²) < 4.78 is 4.70. The minimum Gasteiger partial charge on any atom is -0.307 e. The number of benzene rings is 2. The summed E-state index contributed by atoms with van der Waals surface area (Å²) in [4.78, 5) is 4.41. The highest BCUT2D eigenvalue weighted by molar-refractivity contribution is 6.25. The van der Waals surface area contributed by atoms with E-state index in [0.717, 1.165) is 0 Å². The number of rotatable bonds is 0. The van der Waals surface area contributed by atoms with Crippen molar-refractivity contribution in [2.75, 3.05) is 0 Å². The quantitative estimate of drug-likeness (QED) is 0.221. The molecule has 0 N–H and O–H groups in total. The molecule has 0 amide bonds. The maximum Gasteiger partial charge on any atom is 0.224 e. The topological polar surface area (TPSA) is 21.2 Å². The maximum atomic E-state index is 4.41. The molecule has 0 aliphatic rings. The van der Waals surface area contributed by atoms with Crippen molar-refractivity contribution in [1.82, 2.24) is 9.38 Å². The van der Waals surface area contributed by atoms with Gasteiger partial charge in [-0.2, -0.15) is 0 Å². The predicted octanol–water partition coefficient (Wildman–Crippen LogP) is 4.83. The molecule has 124 valence electrons. The van der Waals surface area contributed by atoms with Crippen molar-refractivity contribution in [1.29, 1.82) is 0 Å². The second-order valence-electron chi connectivity index (χ2n) is 7.33. The van der Waals surface area contributed by atoms with Crippen LogP contribution < -0.4 is 4.57 Å². The minimum absolute atomic E-state index is 1.22. The van der Waals surface area contributed by atoms with Gasteiger partial charge in [-0.25, -0.2) is 4.57 Å². The molecule has 6 rings (SSSR count). The molecule has 0 radical (unpaired) electrons. The van der Waals surface area contributed by atoms with E-state index in [1.807, 2.05) is 12.4 Å². The van der Waals surface area contributed by atoms with E-state index >= 15 is 0 Å². The first-order chi connectivity index (χ1) is 12.7. The molecule has 0 spiro atoms. The molecule has 2 aromatic carbocycles. The monoisotopic (exact) mass is 336 g/mol. The van der Waals surface area contributed by atoms with Crippen molar-refractivity contribution in [2.45, 2.75) is 13.8 Å². The summed E-state index contributed by atoms with van der Waals surface area (Å²) in [7, 11) is 2.15. The average Bonchev–Trinajstić information content (AvgIpc) is 2.98. The Morgan fingerprint density at radius 3 is 2.73 bits per heavy atom. The Morgan fingerprint density at radius 2 is 1.85 bits per heavy atom. The summed E-state index contributed by atoms with van der Waals surface area (Å²) >= 11 is 0. The van der Waals surface area contributed by atoms with Crippen LogP contribution in [0.15, 0.2) is 55.0 Å². The Kier molecular flexibility index (Phi) is 2.42. The molecule has 0 fully saturated rings. The van der Waals surface area contributed by atoms with Gasteiger partial charge in [-0.3, -0.25) is 4.98 Å². The summed E-state index contributed by atoms with van der Waals surface area (Å²) in [6, 6.07) is 13.3. The molecular weight excluding hydrogens is 318 g/mol. The molecule has 4 heterocycles. The number of aryl methyl sites for hydroxylation is 3. The second-order valence-corrected chi connectivity index (χ2v) is 7.33. The van der Waals surface area contributed by atoms with Gasteiger partial charge in [0.1, 0.15) is 7.05 Å². The largest absolute Gasteiger partial charge is 0.307 e. The smallest absolute Gasteiger partial charge is 0.224 e. The van der Waals surface area contributed by atoms with Crippen LogP contribution in [0.1, 0.15) is 11.1 Å². The third-order valence-corrected chi connectivity index (χ3v) is 5.99. The lowest BCUT2D eigenvalue weighted by Gasteiger charge is -2.13. The number of hydrogen-bond acceptors (Lipinski definition) is 1. The average molecular weight is 336 g/mol. The fraction of sp³-hybridized carbons (Fsp3) is 0.130. The van der Waals surface area contributed by atoms with Crippen LogP contribution in [-0.4, -0.2) is 9.38 Å². The molecule has 0 saturated heterocycles. The zero-order chi connectivity index (χ0) is 17.6. The van der Waals surface area contributed by atoms with Crippen LogP contribution in [0.3, 0.4) is 0 Å². The van der Waals surface area contributed by atoms with Crippen molar-refractivity contribution in [3.05, 3.63) is 66.1 Å². The number of pyridine rings is 3. The third kappa shape index (κ3) is 1.46. The first kappa shape index (κ1) is 14.0.